The molecule has 0 aliphatic carbocycles. The van der Waals surface area contributed by atoms with E-state index in [9.17, 15) is 9.18 Å². The number of nitrogens with zero attached hydrogens (tertiary/aromatic N) is 6. The van der Waals surface area contributed by atoms with Crippen molar-refractivity contribution in [3.63, 3.8) is 0 Å². The minimum atomic E-state index is -0.734. The van der Waals surface area contributed by atoms with Gasteiger partial charge in [0.15, 0.2) is 5.82 Å². The van der Waals surface area contributed by atoms with Crippen molar-refractivity contribution < 1.29 is 13.9 Å². The molecule has 4 heterocycles. The third kappa shape index (κ3) is 5.00. The number of ether oxygens (including phenoxy) is 1. The third-order valence-corrected chi connectivity index (χ3v) is 6.80. The van der Waals surface area contributed by atoms with Gasteiger partial charge in [-0.2, -0.15) is 10.2 Å². The molecule has 0 bridgehead atoms. The topological polar surface area (TPSA) is 116 Å². The van der Waals surface area contributed by atoms with Crippen LogP contribution < -0.4 is 11.1 Å². The van der Waals surface area contributed by atoms with E-state index in [1.54, 1.807) is 12.3 Å². The number of piperidine rings is 1. The average Bonchev–Trinajstić information content (AvgIpc) is 3.48. The lowest BCUT2D eigenvalue weighted by molar-refractivity contribution is 0.0448. The molecule has 1 atom stereocenters. The van der Waals surface area contributed by atoms with Gasteiger partial charge in [0.05, 0.1) is 18.3 Å². The van der Waals surface area contributed by atoms with Crippen LogP contribution in [0, 0.1) is 5.82 Å². The predicted octanol–water partition coefficient (Wildman–Crippen LogP) is 4.07. The number of amides is 1. The molecule has 1 amide bonds. The summed E-state index contributed by atoms with van der Waals surface area (Å²) >= 11 is 0. The summed E-state index contributed by atoms with van der Waals surface area (Å²) in [4.78, 5) is 18.0. The van der Waals surface area contributed by atoms with E-state index < -0.39 is 6.09 Å². The van der Waals surface area contributed by atoms with Gasteiger partial charge in [0.1, 0.15) is 23.8 Å². The summed E-state index contributed by atoms with van der Waals surface area (Å²) in [6, 6.07) is 14.6. The summed E-state index contributed by atoms with van der Waals surface area (Å²) in [6.07, 6.45) is 6.05. The number of likely N-dealkylation sites (tertiary alicyclic amines) is 1. The van der Waals surface area contributed by atoms with E-state index in [0.717, 1.165) is 52.6 Å². The number of halogens is 1. The number of nitrogens with two attached hydrogens (primary N) is 1. The molecule has 2 aromatic carbocycles. The molecule has 10 nitrogen and oxygen atoms in total. The number of anilines is 2. The lowest BCUT2D eigenvalue weighted by Crippen LogP contribution is -2.40. The highest BCUT2D eigenvalue weighted by atomic mass is 19.1. The molecule has 6 rings (SSSR count). The second-order valence-corrected chi connectivity index (χ2v) is 9.51. The minimum absolute atomic E-state index is 0.197. The van der Waals surface area contributed by atoms with Crippen LogP contribution in [-0.2, 0) is 17.8 Å². The van der Waals surface area contributed by atoms with Gasteiger partial charge in [-0.15, -0.1) is 0 Å². The quantitative estimate of drug-likeness (QED) is 0.336. The molecule has 11 heteroatoms. The number of fused-ring (bicyclic) bond motifs is 2. The Bertz CT molecular complexity index is 1610. The number of primary amides is 1. The Morgan fingerprint density at radius 2 is 2.08 bits per heavy atom. The fourth-order valence-electron chi connectivity index (χ4n) is 5.13. The highest BCUT2D eigenvalue weighted by Crippen LogP contribution is 2.27. The maximum absolute atomic E-state index is 13.6. The van der Waals surface area contributed by atoms with Gasteiger partial charge in [-0.1, -0.05) is 12.1 Å². The number of hydrogen-bond acceptors (Lipinski definition) is 7. The summed E-state index contributed by atoms with van der Waals surface area (Å²) in [5.74, 6) is 0.430. The normalized spacial score (nSPS) is 16.2. The summed E-state index contributed by atoms with van der Waals surface area (Å²) < 4.78 is 22.5. The molecule has 0 radical (unpaired) electrons. The van der Waals surface area contributed by atoms with Crippen molar-refractivity contribution in [2.24, 2.45) is 5.73 Å². The van der Waals surface area contributed by atoms with Crippen LogP contribution in [0.1, 0.15) is 24.0 Å². The molecule has 5 aromatic rings. The van der Waals surface area contributed by atoms with E-state index in [0.29, 0.717) is 25.5 Å². The van der Waals surface area contributed by atoms with E-state index in [4.69, 9.17) is 10.5 Å². The number of benzene rings is 2. The summed E-state index contributed by atoms with van der Waals surface area (Å²) in [5.41, 5.74) is 9.84. The van der Waals surface area contributed by atoms with Crippen LogP contribution in [0.5, 0.6) is 0 Å². The van der Waals surface area contributed by atoms with Crippen LogP contribution in [0.15, 0.2) is 67.3 Å². The Kier molecular flexibility index (Phi) is 6.34. The summed E-state index contributed by atoms with van der Waals surface area (Å²) in [7, 11) is 0. The first-order valence-corrected chi connectivity index (χ1v) is 12.5. The first-order valence-electron chi connectivity index (χ1n) is 12.5. The Morgan fingerprint density at radius 3 is 2.95 bits per heavy atom. The highest BCUT2D eigenvalue weighted by molar-refractivity contribution is 5.85. The predicted molar refractivity (Wildman–Crippen MR) is 140 cm³/mol. The summed E-state index contributed by atoms with van der Waals surface area (Å²) in [5, 5.41) is 13.3. The molecule has 0 spiro atoms. The molecule has 3 aromatic heterocycles. The van der Waals surface area contributed by atoms with Crippen LogP contribution in [0.2, 0.25) is 0 Å². The first kappa shape index (κ1) is 23.9. The van der Waals surface area contributed by atoms with Crippen LogP contribution in [0.3, 0.4) is 0 Å². The highest BCUT2D eigenvalue weighted by Gasteiger charge is 2.23. The number of carbonyl (C=O) groups excluding carboxylic acids is 1. The van der Waals surface area contributed by atoms with Gasteiger partial charge < -0.3 is 15.8 Å². The maximum atomic E-state index is 13.6. The smallest absolute Gasteiger partial charge is 0.404 e. The van der Waals surface area contributed by atoms with Crippen LogP contribution >= 0.6 is 0 Å². The van der Waals surface area contributed by atoms with Crippen LogP contribution in [-0.4, -0.2) is 54.6 Å². The van der Waals surface area contributed by atoms with Crippen molar-refractivity contribution in [1.29, 1.82) is 0 Å². The number of rotatable bonds is 7. The molecular weight excluding hydrogens is 487 g/mol. The van der Waals surface area contributed by atoms with E-state index >= 15 is 0 Å². The molecule has 1 fully saturated rings. The molecule has 1 aliphatic rings. The SMILES string of the molecule is NC(=O)OC1CCCN(Cc2ccn3ncnc(Nc4ccc5c(cnn5Cc5cccc(F)c5)c4)c23)C1. The van der Waals surface area contributed by atoms with Crippen molar-refractivity contribution in [1.82, 2.24) is 29.3 Å². The standard InChI is InChI=1S/C27H27FN8O2/c28-21-4-1-3-18(11-21)14-36-24-7-6-22(12-20(24)13-31-36)33-26-25-19(8-10-35(25)32-17-30-26)15-34-9-2-5-23(16-34)38-27(29)37/h1,3-4,6-8,10-13,17,23H,2,5,9,14-16H2,(H2,29,37)(H,30,32,33). The third-order valence-electron chi connectivity index (χ3n) is 6.80. The van der Waals surface area contributed by atoms with Gasteiger partial charge in [-0.3, -0.25) is 9.58 Å². The largest absolute Gasteiger partial charge is 0.445 e. The number of aromatic nitrogens is 5. The number of hydrogen-bond donors (Lipinski definition) is 2. The zero-order valence-corrected chi connectivity index (χ0v) is 20.6. The molecule has 3 N–H and O–H groups in total. The van der Waals surface area contributed by atoms with E-state index in [1.807, 2.05) is 45.7 Å². The molecule has 1 aliphatic heterocycles. The van der Waals surface area contributed by atoms with Crippen LogP contribution in [0.4, 0.5) is 20.7 Å². The van der Waals surface area contributed by atoms with E-state index in [2.05, 4.69) is 25.4 Å². The average molecular weight is 515 g/mol. The molecule has 0 saturated carbocycles. The van der Waals surface area contributed by atoms with Gasteiger partial charge in [-0.05, 0) is 66.9 Å². The minimum Gasteiger partial charge on any atom is -0.445 e. The van der Waals surface area contributed by atoms with Crippen molar-refractivity contribution in [2.75, 3.05) is 18.4 Å². The zero-order valence-electron chi connectivity index (χ0n) is 20.6. The van der Waals surface area contributed by atoms with Crippen molar-refractivity contribution in [3.05, 3.63) is 84.2 Å². The van der Waals surface area contributed by atoms with Crippen molar-refractivity contribution in [3.8, 4) is 0 Å². The van der Waals surface area contributed by atoms with Gasteiger partial charge in [-0.25, -0.2) is 18.7 Å². The van der Waals surface area contributed by atoms with Crippen molar-refractivity contribution >= 4 is 34.0 Å². The number of nitrogens with one attached hydrogen (secondary N) is 1. The molecule has 194 valence electrons. The Morgan fingerprint density at radius 1 is 1.16 bits per heavy atom. The molecular formula is C27H27FN8O2. The first-order chi connectivity index (χ1) is 18.5. The zero-order chi connectivity index (χ0) is 26.1. The van der Waals surface area contributed by atoms with E-state index in [1.165, 1.54) is 18.5 Å². The van der Waals surface area contributed by atoms with Crippen molar-refractivity contribution in [2.45, 2.75) is 32.0 Å². The summed E-state index contributed by atoms with van der Waals surface area (Å²) in [6.45, 7) is 2.69. The Hall–Kier alpha value is -4.51. The molecule has 1 saturated heterocycles. The van der Waals surface area contributed by atoms with E-state index in [-0.39, 0.29) is 11.9 Å². The maximum Gasteiger partial charge on any atom is 0.404 e. The Balaban J connectivity index is 1.23. The monoisotopic (exact) mass is 514 g/mol. The van der Waals surface area contributed by atoms with Gasteiger partial charge in [0, 0.05) is 30.4 Å². The second-order valence-electron chi connectivity index (χ2n) is 9.51. The lowest BCUT2D eigenvalue weighted by atomic mass is 10.1. The van der Waals surface area contributed by atoms with Gasteiger partial charge in [0.25, 0.3) is 0 Å². The van der Waals surface area contributed by atoms with Gasteiger partial charge >= 0.3 is 6.09 Å². The second kappa shape index (κ2) is 10.1. The lowest BCUT2D eigenvalue weighted by Gasteiger charge is -2.31. The fraction of sp³-hybridized carbons (Fsp3) is 0.259. The van der Waals surface area contributed by atoms with Crippen LogP contribution in [0.25, 0.3) is 16.4 Å². The van der Waals surface area contributed by atoms with Gasteiger partial charge in [0.2, 0.25) is 0 Å². The fourth-order valence-corrected chi connectivity index (χ4v) is 5.13. The molecule has 38 heavy (non-hydrogen) atoms. The number of carbonyl (C=O) groups is 1. The molecule has 1 unspecified atom stereocenters. The Labute approximate surface area is 217 Å².